The van der Waals surface area contributed by atoms with Crippen LogP contribution in [-0.2, 0) is 21.7 Å². The van der Waals surface area contributed by atoms with E-state index in [0.717, 1.165) is 27.9 Å². The summed E-state index contributed by atoms with van der Waals surface area (Å²) in [7, 11) is 0. The van der Waals surface area contributed by atoms with Crippen molar-refractivity contribution in [3.63, 3.8) is 0 Å². The van der Waals surface area contributed by atoms with Crippen LogP contribution in [0.4, 0.5) is 0 Å². The first-order chi connectivity index (χ1) is 23.2. The molecular formula is C47H55N3. The van der Waals surface area contributed by atoms with Crippen LogP contribution in [0.25, 0.3) is 27.6 Å². The molecule has 50 heavy (non-hydrogen) atoms. The monoisotopic (exact) mass is 661 g/mol. The average molecular weight is 662 g/mol. The molecule has 0 amide bonds. The molecule has 0 bridgehead atoms. The Morgan fingerprint density at radius 1 is 0.500 bits per heavy atom. The van der Waals surface area contributed by atoms with E-state index in [0.29, 0.717) is 11.7 Å². The zero-order valence-electron chi connectivity index (χ0n) is 32.6. The number of fused-ring (bicyclic) bond motifs is 5. The van der Waals surface area contributed by atoms with Gasteiger partial charge in [0.1, 0.15) is 5.82 Å². The maximum atomic E-state index is 5.33. The third-order valence-corrected chi connectivity index (χ3v) is 15.0. The minimum Gasteiger partial charge on any atom is -0.294 e. The van der Waals surface area contributed by atoms with Crippen molar-refractivity contribution in [2.45, 2.75) is 112 Å². The first-order valence-corrected chi connectivity index (χ1v) is 18.3. The van der Waals surface area contributed by atoms with Crippen molar-refractivity contribution in [1.29, 1.82) is 0 Å². The van der Waals surface area contributed by atoms with Crippen molar-refractivity contribution >= 4 is 39.2 Å². The van der Waals surface area contributed by atoms with Crippen LogP contribution in [0.2, 0.25) is 0 Å². The molecule has 3 nitrogen and oxygen atoms in total. The number of nitrogens with zero attached hydrogens (tertiary/aromatic N) is 3. The van der Waals surface area contributed by atoms with Crippen LogP contribution in [0.1, 0.15) is 123 Å². The quantitative estimate of drug-likeness (QED) is 0.136. The van der Waals surface area contributed by atoms with Crippen LogP contribution < -0.4 is 0 Å². The minimum absolute atomic E-state index is 0.00620. The van der Waals surface area contributed by atoms with Gasteiger partial charge in [0.25, 0.3) is 0 Å². The summed E-state index contributed by atoms with van der Waals surface area (Å²) >= 11 is 0. The van der Waals surface area contributed by atoms with Gasteiger partial charge in [0.05, 0.1) is 11.0 Å². The van der Waals surface area contributed by atoms with Crippen molar-refractivity contribution in [3.05, 3.63) is 125 Å². The normalized spacial score (nSPS) is 21.0. The van der Waals surface area contributed by atoms with E-state index in [9.17, 15) is 0 Å². The lowest BCUT2D eigenvalue weighted by molar-refractivity contribution is 0.125. The molecule has 0 saturated heterocycles. The first kappa shape index (κ1) is 34.2. The predicted octanol–water partition coefficient (Wildman–Crippen LogP) is 12.4. The van der Waals surface area contributed by atoms with Gasteiger partial charge in [-0.3, -0.25) is 4.57 Å². The molecule has 258 valence electrons. The van der Waals surface area contributed by atoms with Gasteiger partial charge in [-0.25, -0.2) is 9.98 Å². The molecule has 0 saturated carbocycles. The summed E-state index contributed by atoms with van der Waals surface area (Å²) in [5.74, 6) is 1.32. The summed E-state index contributed by atoms with van der Waals surface area (Å²) < 4.78 is 2.32. The lowest BCUT2D eigenvalue weighted by Gasteiger charge is -2.44. The topological polar surface area (TPSA) is 29.6 Å². The first-order valence-electron chi connectivity index (χ1n) is 18.3. The highest BCUT2D eigenvalue weighted by atomic mass is 15.1. The molecule has 1 heterocycles. The largest absolute Gasteiger partial charge is 0.294 e. The molecule has 0 fully saturated rings. The Hall–Kier alpha value is -4.24. The number of aromatic nitrogens is 1. The number of hydrogen-bond acceptors (Lipinski definition) is 1. The Balaban J connectivity index is 1.56. The molecular weight excluding hydrogens is 607 g/mol. The van der Waals surface area contributed by atoms with Crippen LogP contribution in [0, 0.1) is 10.8 Å². The second kappa shape index (κ2) is 10.6. The summed E-state index contributed by atoms with van der Waals surface area (Å²) in [6.07, 6.45) is 0. The number of rotatable bonds is 4. The van der Waals surface area contributed by atoms with Gasteiger partial charge in [-0.05, 0) is 91.5 Å². The van der Waals surface area contributed by atoms with Crippen molar-refractivity contribution in [2.75, 3.05) is 0 Å². The third-order valence-electron chi connectivity index (χ3n) is 15.0. The van der Waals surface area contributed by atoms with Crippen LogP contribution in [0.15, 0.2) is 101 Å². The van der Waals surface area contributed by atoms with Gasteiger partial charge in [-0.15, -0.1) is 0 Å². The molecule has 1 aromatic heterocycles. The highest BCUT2D eigenvalue weighted by Gasteiger charge is 2.58. The second-order valence-electron chi connectivity index (χ2n) is 18.2. The molecule has 0 aliphatic heterocycles. The van der Waals surface area contributed by atoms with Gasteiger partial charge in [-0.1, -0.05) is 150 Å². The molecule has 0 atom stereocenters. The Morgan fingerprint density at radius 3 is 1.26 bits per heavy atom. The molecule has 2 aliphatic carbocycles. The molecule has 0 spiro atoms. The summed E-state index contributed by atoms with van der Waals surface area (Å²) in [5, 5.41) is 2.53. The Kier molecular flexibility index (Phi) is 7.28. The molecule has 5 aromatic rings. The van der Waals surface area contributed by atoms with Gasteiger partial charge in [0.2, 0.25) is 0 Å². The lowest BCUT2D eigenvalue weighted by atomic mass is 9.59. The van der Waals surface area contributed by atoms with Crippen LogP contribution in [0.5, 0.6) is 0 Å². The summed E-state index contributed by atoms with van der Waals surface area (Å²) in [5.41, 5.74) is 11.0. The SMILES string of the molecule is C=C(/N=C(\N=C(C)c1ccccc1)c1ccccc1)n1c2cc3c(cc2c2cc4c(cc21)C(C)(C)C(C)(C)C4(C)C)C(C)(C)C(C)(C)C3(C)C. The van der Waals surface area contributed by atoms with Gasteiger partial charge < -0.3 is 0 Å². The fourth-order valence-electron chi connectivity index (χ4n) is 9.18. The number of benzene rings is 4. The van der Waals surface area contributed by atoms with Crippen LogP contribution in [-0.4, -0.2) is 16.1 Å². The molecule has 2 aliphatic rings. The van der Waals surface area contributed by atoms with Gasteiger partial charge in [0, 0.05) is 22.0 Å². The van der Waals surface area contributed by atoms with E-state index in [1.54, 1.807) is 0 Å². The molecule has 7 rings (SSSR count). The van der Waals surface area contributed by atoms with E-state index in [-0.39, 0.29) is 32.5 Å². The number of hydrogen-bond donors (Lipinski definition) is 0. The molecule has 3 heteroatoms. The smallest absolute Gasteiger partial charge is 0.161 e. The Morgan fingerprint density at radius 2 is 0.860 bits per heavy atom. The lowest BCUT2D eigenvalue weighted by Crippen LogP contribution is -2.42. The van der Waals surface area contributed by atoms with E-state index in [4.69, 9.17) is 16.6 Å². The van der Waals surface area contributed by atoms with Gasteiger partial charge in [0.15, 0.2) is 5.84 Å². The number of aliphatic imine (C=N–C) groups is 2. The van der Waals surface area contributed by atoms with Crippen LogP contribution >= 0.6 is 0 Å². The average Bonchev–Trinajstić information content (AvgIpc) is 3.47. The maximum Gasteiger partial charge on any atom is 0.161 e. The van der Waals surface area contributed by atoms with Gasteiger partial charge in [-0.2, -0.15) is 0 Å². The van der Waals surface area contributed by atoms with E-state index < -0.39 is 0 Å². The van der Waals surface area contributed by atoms with Crippen molar-refractivity contribution in [2.24, 2.45) is 20.8 Å². The second-order valence-corrected chi connectivity index (χ2v) is 18.2. The predicted molar refractivity (Wildman–Crippen MR) is 216 cm³/mol. The summed E-state index contributed by atoms with van der Waals surface area (Å²) in [4.78, 5) is 10.5. The third kappa shape index (κ3) is 4.34. The fourth-order valence-corrected chi connectivity index (χ4v) is 9.18. The Labute approximate surface area is 300 Å². The highest BCUT2D eigenvalue weighted by molar-refractivity contribution is 6.14. The molecule has 0 radical (unpaired) electrons. The van der Waals surface area contributed by atoms with Crippen LogP contribution in [0.3, 0.4) is 0 Å². The maximum absolute atomic E-state index is 5.33. The summed E-state index contributed by atoms with van der Waals surface area (Å²) in [6, 6.07) is 30.6. The minimum atomic E-state index is -0.0338. The summed E-state index contributed by atoms with van der Waals surface area (Å²) in [6.45, 7) is 35.9. The van der Waals surface area contributed by atoms with E-state index in [1.165, 1.54) is 33.0 Å². The fraction of sp³-hybridized carbons (Fsp3) is 0.404. The molecule has 0 unspecified atom stereocenters. The highest BCUT2D eigenvalue weighted by Crippen LogP contribution is 2.64. The zero-order chi connectivity index (χ0) is 36.4. The standard InChI is InChI=1S/C47H55N3/c1-29(31-21-17-15-18-22-31)48-41(32-23-19-16-20-24-32)49-30(2)50-39-27-37-35(42(3,4)46(11,12)44(37,7)8)25-33(39)34-26-36-38(28-40(34)50)45(9,10)47(13,14)43(36,5)6/h15-28H,2H2,1,3-14H3/b48-29?,49-41-. The van der Waals surface area contributed by atoms with Gasteiger partial charge >= 0.3 is 0 Å². The van der Waals surface area contributed by atoms with Crippen molar-refractivity contribution in [3.8, 4) is 0 Å². The number of amidine groups is 1. The van der Waals surface area contributed by atoms with Crippen molar-refractivity contribution < 1.29 is 0 Å². The Bertz CT molecular complexity index is 2160. The zero-order valence-corrected chi connectivity index (χ0v) is 32.6. The van der Waals surface area contributed by atoms with E-state index >= 15 is 0 Å². The van der Waals surface area contributed by atoms with Crippen molar-refractivity contribution in [1.82, 2.24) is 4.57 Å². The van der Waals surface area contributed by atoms with E-state index in [1.807, 2.05) is 24.3 Å². The van der Waals surface area contributed by atoms with E-state index in [2.05, 4.69) is 155 Å². The molecule has 0 N–H and O–H groups in total. The molecule has 4 aromatic carbocycles.